The van der Waals surface area contributed by atoms with Crippen LogP contribution in [0, 0.1) is 11.3 Å². The summed E-state index contributed by atoms with van der Waals surface area (Å²) in [7, 11) is 0. The predicted octanol–water partition coefficient (Wildman–Crippen LogP) is 5.99. The molecule has 1 aromatic rings. The lowest BCUT2D eigenvalue weighted by Crippen LogP contribution is -2.73. The highest BCUT2D eigenvalue weighted by molar-refractivity contribution is 6.45. The highest BCUT2D eigenvalue weighted by atomic mass is 35.5. The molecule has 0 bridgehead atoms. The van der Waals surface area contributed by atoms with Crippen molar-refractivity contribution in [3.05, 3.63) is 35.4 Å². The smallest absolute Gasteiger partial charge is 0.198 e. The summed E-state index contributed by atoms with van der Waals surface area (Å²) < 4.78 is 6.50. The van der Waals surface area contributed by atoms with Crippen LogP contribution in [-0.4, -0.2) is 48.6 Å². The number of hydrogen-bond donors (Lipinski definition) is 2. The third-order valence-corrected chi connectivity index (χ3v) is 10.1. The first kappa shape index (κ1) is 24.8. The Morgan fingerprint density at radius 3 is 2.36 bits per heavy atom. The average Bonchev–Trinajstić information content (AvgIpc) is 2.69. The Morgan fingerprint density at radius 1 is 1.09 bits per heavy atom. The van der Waals surface area contributed by atoms with E-state index in [1.807, 2.05) is 13.8 Å². The van der Waals surface area contributed by atoms with Gasteiger partial charge in [0.05, 0.1) is 16.5 Å². The number of ether oxygens (including phenoxy) is 1. The molecular weight excluding hydrogens is 487 g/mol. The number of halogens is 3. The van der Waals surface area contributed by atoms with Crippen molar-refractivity contribution in [2.75, 3.05) is 0 Å². The number of alkyl halides is 3. The topological polar surface area (TPSA) is 83.8 Å². The summed E-state index contributed by atoms with van der Waals surface area (Å²) in [4.78, 5) is 26.2. The molecule has 0 spiro atoms. The lowest BCUT2D eigenvalue weighted by molar-refractivity contribution is -0.169. The molecule has 2 unspecified atom stereocenters. The summed E-state index contributed by atoms with van der Waals surface area (Å²) in [6.45, 7) is 11.8. The number of aromatic hydroxyl groups is 2. The number of phenolic OH excluding ortho intramolecular Hbond substituents is 2. The van der Waals surface area contributed by atoms with Gasteiger partial charge in [-0.25, -0.2) is 0 Å². The zero-order valence-corrected chi connectivity index (χ0v) is 21.4. The number of phenols is 2. The first-order valence-corrected chi connectivity index (χ1v) is 12.3. The van der Waals surface area contributed by atoms with Gasteiger partial charge in [-0.15, -0.1) is 34.8 Å². The first-order chi connectivity index (χ1) is 15.1. The van der Waals surface area contributed by atoms with E-state index in [9.17, 15) is 19.8 Å². The standard InChI is InChI=1S/C25H29Cl3O5/c1-12-6-7-17(26)22(2,3)15(12)10-25-20(31)14-8-13(29)9-16(30)19(14)21(32)24(25,28)11-18(27)23(4,5)33-25/h8-9,15,17-18,29-30H,1,6-7,10-11H2,2-5H3/t15?,17?,18-,24+,25+/m1/s1. The Hall–Kier alpha value is -1.27. The van der Waals surface area contributed by atoms with Crippen LogP contribution >= 0.6 is 34.8 Å². The highest BCUT2D eigenvalue weighted by Gasteiger charge is 2.71. The van der Waals surface area contributed by atoms with Crippen LogP contribution in [0.3, 0.4) is 0 Å². The number of carbonyl (C=O) groups excluding carboxylic acids is 2. The molecular formula is C25H29Cl3O5. The van der Waals surface area contributed by atoms with Crippen LogP contribution in [0.15, 0.2) is 24.3 Å². The SMILES string of the molecule is C=C1CCC(Cl)C(C)(C)C1C[C@@]12OC(C)(C)[C@H](Cl)C[C@]1(Cl)C(=O)c1c(O)cc(O)cc1C2=O. The average molecular weight is 516 g/mol. The first-order valence-electron chi connectivity index (χ1n) is 11.1. The minimum Gasteiger partial charge on any atom is -0.508 e. The molecule has 1 saturated carbocycles. The van der Waals surface area contributed by atoms with Gasteiger partial charge < -0.3 is 14.9 Å². The molecule has 2 fully saturated rings. The van der Waals surface area contributed by atoms with Crippen molar-refractivity contribution in [2.24, 2.45) is 11.3 Å². The third-order valence-electron chi connectivity index (χ3n) is 8.00. The molecule has 5 atom stereocenters. The van der Waals surface area contributed by atoms with Gasteiger partial charge in [-0.2, -0.15) is 0 Å². The minimum absolute atomic E-state index is 0.0304. The van der Waals surface area contributed by atoms with Crippen LogP contribution < -0.4 is 0 Å². The third kappa shape index (κ3) is 3.37. The second-order valence-corrected chi connectivity index (χ2v) is 12.5. The zero-order chi connectivity index (χ0) is 24.7. The van der Waals surface area contributed by atoms with Gasteiger partial charge >= 0.3 is 0 Å². The molecule has 5 nitrogen and oxygen atoms in total. The van der Waals surface area contributed by atoms with Crippen molar-refractivity contribution in [3.63, 3.8) is 0 Å². The molecule has 180 valence electrons. The summed E-state index contributed by atoms with van der Waals surface area (Å²) >= 11 is 20.4. The molecule has 1 aromatic carbocycles. The number of Topliss-reactive ketones (excluding diaryl/α,β-unsaturated/α-hetero) is 2. The van der Waals surface area contributed by atoms with E-state index in [0.717, 1.165) is 18.1 Å². The van der Waals surface area contributed by atoms with Crippen LogP contribution in [0.4, 0.5) is 0 Å². The van der Waals surface area contributed by atoms with Gasteiger partial charge in [0.2, 0.25) is 0 Å². The number of carbonyl (C=O) groups is 2. The summed E-state index contributed by atoms with van der Waals surface area (Å²) in [5, 5.41) is 19.7. The normalized spacial score (nSPS) is 37.4. The number of hydrogen-bond acceptors (Lipinski definition) is 5. The molecule has 1 saturated heterocycles. The maximum Gasteiger partial charge on any atom is 0.198 e. The van der Waals surface area contributed by atoms with E-state index in [4.69, 9.17) is 39.5 Å². The molecule has 33 heavy (non-hydrogen) atoms. The van der Waals surface area contributed by atoms with E-state index in [2.05, 4.69) is 6.58 Å². The molecule has 0 amide bonds. The molecule has 2 N–H and O–H groups in total. The Labute approximate surface area is 209 Å². The monoisotopic (exact) mass is 514 g/mol. The summed E-state index contributed by atoms with van der Waals surface area (Å²) in [6, 6.07) is 2.20. The van der Waals surface area contributed by atoms with E-state index in [1.54, 1.807) is 13.8 Å². The molecule has 1 aliphatic heterocycles. The number of allylic oxidation sites excluding steroid dienone is 1. The largest absolute Gasteiger partial charge is 0.508 e. The fraction of sp³-hybridized carbons (Fsp3) is 0.600. The lowest BCUT2D eigenvalue weighted by atomic mass is 9.57. The van der Waals surface area contributed by atoms with E-state index in [0.29, 0.717) is 6.42 Å². The number of benzene rings is 1. The van der Waals surface area contributed by atoms with Crippen molar-refractivity contribution < 1.29 is 24.5 Å². The van der Waals surface area contributed by atoms with Gasteiger partial charge in [0, 0.05) is 17.0 Å². The van der Waals surface area contributed by atoms with Gasteiger partial charge in [0.25, 0.3) is 0 Å². The summed E-state index contributed by atoms with van der Waals surface area (Å²) in [5.41, 5.74) is -2.62. The van der Waals surface area contributed by atoms with Crippen molar-refractivity contribution in [1.82, 2.24) is 0 Å². The van der Waals surface area contributed by atoms with E-state index >= 15 is 0 Å². The van der Waals surface area contributed by atoms with Gasteiger partial charge in [-0.3, -0.25) is 9.59 Å². The van der Waals surface area contributed by atoms with E-state index < -0.39 is 44.2 Å². The van der Waals surface area contributed by atoms with Crippen LogP contribution in [0.1, 0.15) is 74.1 Å². The molecule has 1 heterocycles. The second-order valence-electron chi connectivity index (χ2n) is 10.8. The van der Waals surface area contributed by atoms with Crippen molar-refractivity contribution in [1.29, 1.82) is 0 Å². The van der Waals surface area contributed by atoms with Crippen LogP contribution in [-0.2, 0) is 4.74 Å². The van der Waals surface area contributed by atoms with Crippen LogP contribution in [0.5, 0.6) is 11.5 Å². The van der Waals surface area contributed by atoms with Gasteiger partial charge in [-0.1, -0.05) is 26.0 Å². The quantitative estimate of drug-likeness (QED) is 0.373. The summed E-state index contributed by atoms with van der Waals surface area (Å²) in [6.07, 6.45) is 1.50. The zero-order valence-electron chi connectivity index (χ0n) is 19.2. The molecule has 0 aromatic heterocycles. The molecule has 3 aliphatic rings. The number of rotatable bonds is 2. The molecule has 4 rings (SSSR count). The Morgan fingerprint density at radius 2 is 1.73 bits per heavy atom. The Balaban J connectivity index is 1.97. The van der Waals surface area contributed by atoms with Gasteiger partial charge in [-0.05, 0) is 56.9 Å². The molecule has 0 radical (unpaired) electrons. The van der Waals surface area contributed by atoms with Crippen LogP contribution in [0.2, 0.25) is 0 Å². The second kappa shape index (κ2) is 7.61. The van der Waals surface area contributed by atoms with E-state index in [-0.39, 0.29) is 41.0 Å². The fourth-order valence-corrected chi connectivity index (χ4v) is 6.86. The van der Waals surface area contributed by atoms with Crippen LogP contribution in [0.25, 0.3) is 0 Å². The van der Waals surface area contributed by atoms with Crippen molar-refractivity contribution in [2.45, 2.75) is 80.2 Å². The number of fused-ring (bicyclic) bond motifs is 2. The molecule has 8 heteroatoms. The molecule has 2 aliphatic carbocycles. The maximum atomic E-state index is 14.2. The van der Waals surface area contributed by atoms with E-state index in [1.165, 1.54) is 6.07 Å². The van der Waals surface area contributed by atoms with Crippen molar-refractivity contribution >= 4 is 46.4 Å². The lowest BCUT2D eigenvalue weighted by Gasteiger charge is -2.59. The minimum atomic E-state index is -1.84. The predicted molar refractivity (Wildman–Crippen MR) is 129 cm³/mol. The fourth-order valence-electron chi connectivity index (χ4n) is 5.79. The highest BCUT2D eigenvalue weighted by Crippen LogP contribution is 2.60. The van der Waals surface area contributed by atoms with Gasteiger partial charge in [0.1, 0.15) is 16.4 Å². The van der Waals surface area contributed by atoms with Gasteiger partial charge in [0.15, 0.2) is 17.2 Å². The summed E-state index contributed by atoms with van der Waals surface area (Å²) in [5.74, 6) is -2.30. The number of ketones is 2. The van der Waals surface area contributed by atoms with Crippen molar-refractivity contribution in [3.8, 4) is 11.5 Å². The Bertz CT molecular complexity index is 1060. The maximum absolute atomic E-state index is 14.2. The Kier molecular flexibility index (Phi) is 5.73.